The molecule has 10 heteroatoms. The van der Waals surface area contributed by atoms with Crippen molar-refractivity contribution in [2.75, 3.05) is 17.7 Å². The fourth-order valence-electron chi connectivity index (χ4n) is 3.08. The minimum Gasteiger partial charge on any atom is -0.497 e. The van der Waals surface area contributed by atoms with Crippen molar-refractivity contribution in [1.29, 1.82) is 0 Å². The Kier molecular flexibility index (Phi) is 4.87. The van der Waals surface area contributed by atoms with E-state index in [9.17, 15) is 14.4 Å². The van der Waals surface area contributed by atoms with Gasteiger partial charge in [-0.3, -0.25) is 19.8 Å². The van der Waals surface area contributed by atoms with Crippen LogP contribution in [0.2, 0.25) is 0 Å². The number of thiophene rings is 1. The number of nitrogens with one attached hydrogen (secondary N) is 2. The molecule has 3 amide bonds. The Morgan fingerprint density at radius 2 is 2.03 bits per heavy atom. The van der Waals surface area contributed by atoms with Crippen molar-refractivity contribution < 1.29 is 19.1 Å². The van der Waals surface area contributed by atoms with E-state index in [1.807, 2.05) is 0 Å². The number of anilines is 2. The number of pyridine rings is 1. The molecule has 148 valence electrons. The highest BCUT2D eigenvalue weighted by Crippen LogP contribution is 2.31. The lowest BCUT2D eigenvalue weighted by molar-refractivity contribution is -0.121. The zero-order valence-electron chi connectivity index (χ0n) is 15.3. The third kappa shape index (κ3) is 3.39. The Morgan fingerprint density at radius 3 is 2.72 bits per heavy atom. The Hall–Kier alpha value is -3.50. The van der Waals surface area contributed by atoms with Crippen LogP contribution < -0.4 is 26.2 Å². The lowest BCUT2D eigenvalue weighted by atomic mass is 10.2. The van der Waals surface area contributed by atoms with Crippen molar-refractivity contribution in [1.82, 2.24) is 15.8 Å². The van der Waals surface area contributed by atoms with Gasteiger partial charge in [-0.15, -0.1) is 11.3 Å². The molecule has 0 spiro atoms. The summed E-state index contributed by atoms with van der Waals surface area (Å²) in [5.41, 5.74) is 11.9. The molecule has 3 aromatic rings. The molecular weight excluding hydrogens is 394 g/mol. The molecule has 29 heavy (non-hydrogen) atoms. The van der Waals surface area contributed by atoms with Crippen LogP contribution in [0.3, 0.4) is 0 Å². The molecule has 4 rings (SSSR count). The smallest absolute Gasteiger partial charge is 0.277 e. The normalized spacial score (nSPS) is 16.4. The van der Waals surface area contributed by atoms with Gasteiger partial charge in [0, 0.05) is 11.6 Å². The van der Waals surface area contributed by atoms with E-state index in [4.69, 9.17) is 10.5 Å². The molecule has 1 saturated heterocycles. The molecular formula is C19H17N5O4S. The molecule has 4 N–H and O–H groups in total. The van der Waals surface area contributed by atoms with Gasteiger partial charge < -0.3 is 10.5 Å². The van der Waals surface area contributed by atoms with Crippen LogP contribution in [-0.4, -0.2) is 35.9 Å². The van der Waals surface area contributed by atoms with Gasteiger partial charge >= 0.3 is 0 Å². The van der Waals surface area contributed by atoms with E-state index >= 15 is 0 Å². The number of carbonyl (C=O) groups excluding carboxylic acids is 3. The molecule has 0 bridgehead atoms. The van der Waals surface area contributed by atoms with E-state index in [2.05, 4.69) is 15.8 Å². The van der Waals surface area contributed by atoms with Gasteiger partial charge in [0.2, 0.25) is 5.91 Å². The Morgan fingerprint density at radius 1 is 1.28 bits per heavy atom. The van der Waals surface area contributed by atoms with Gasteiger partial charge in [-0.05, 0) is 36.4 Å². The van der Waals surface area contributed by atoms with Crippen LogP contribution in [0.25, 0.3) is 10.2 Å². The quantitative estimate of drug-likeness (QED) is 0.428. The number of imide groups is 1. The lowest BCUT2D eigenvalue weighted by Gasteiger charge is -2.16. The number of methoxy groups -OCH3 is 1. The Labute approximate surface area is 169 Å². The van der Waals surface area contributed by atoms with E-state index in [1.165, 1.54) is 7.11 Å². The van der Waals surface area contributed by atoms with Crippen LogP contribution in [-0.2, 0) is 9.59 Å². The van der Waals surface area contributed by atoms with Gasteiger partial charge in [-0.2, -0.15) is 0 Å². The molecule has 1 fully saturated rings. The van der Waals surface area contributed by atoms with Crippen LogP contribution in [0.4, 0.5) is 11.4 Å². The van der Waals surface area contributed by atoms with E-state index in [1.54, 1.807) is 42.6 Å². The van der Waals surface area contributed by atoms with Gasteiger partial charge in [-0.1, -0.05) is 0 Å². The van der Waals surface area contributed by atoms with Crippen molar-refractivity contribution in [3.05, 3.63) is 47.5 Å². The first-order valence-electron chi connectivity index (χ1n) is 8.69. The summed E-state index contributed by atoms with van der Waals surface area (Å²) in [7, 11) is 1.53. The summed E-state index contributed by atoms with van der Waals surface area (Å²) >= 11 is 1.15. The fourth-order valence-corrected chi connectivity index (χ4v) is 4.03. The van der Waals surface area contributed by atoms with Crippen molar-refractivity contribution >= 4 is 50.6 Å². The van der Waals surface area contributed by atoms with Crippen molar-refractivity contribution in [3.8, 4) is 5.75 Å². The van der Waals surface area contributed by atoms with E-state index in [-0.39, 0.29) is 17.2 Å². The van der Waals surface area contributed by atoms with Gasteiger partial charge in [0.05, 0.1) is 24.9 Å². The topological polar surface area (TPSA) is 127 Å². The number of hydrazine groups is 1. The van der Waals surface area contributed by atoms with Gasteiger partial charge in [0.15, 0.2) is 0 Å². The number of ether oxygens (including phenoxy) is 1. The maximum absolute atomic E-state index is 12.7. The number of nitrogens with two attached hydrogens (primary N) is 1. The second kappa shape index (κ2) is 7.49. The van der Waals surface area contributed by atoms with Crippen LogP contribution in [0.5, 0.6) is 5.75 Å². The molecule has 9 nitrogen and oxygen atoms in total. The van der Waals surface area contributed by atoms with Crippen LogP contribution in [0.15, 0.2) is 42.6 Å². The number of amides is 3. The standard InChI is InChI=1S/C19H17N5O4S/c1-28-11-6-4-10(5-7-11)24-14(25)9-13(19(24)27)22-23-17(26)16-15(20)12-3-2-8-21-18(12)29-16/h2-8,13,22H,9,20H2,1H3,(H,23,26)/t13-/m1/s1. The highest BCUT2D eigenvalue weighted by Gasteiger charge is 2.39. The van der Waals surface area contributed by atoms with Crippen molar-refractivity contribution in [2.45, 2.75) is 12.5 Å². The second-order valence-corrected chi connectivity index (χ2v) is 7.32. The number of hydrogen-bond acceptors (Lipinski definition) is 8. The zero-order valence-corrected chi connectivity index (χ0v) is 16.2. The summed E-state index contributed by atoms with van der Waals surface area (Å²) in [5.74, 6) is -0.692. The second-order valence-electron chi connectivity index (χ2n) is 6.32. The third-order valence-electron chi connectivity index (χ3n) is 4.55. The van der Waals surface area contributed by atoms with Gasteiger partial charge in [0.1, 0.15) is 21.5 Å². The molecule has 0 aliphatic carbocycles. The number of benzene rings is 1. The first kappa shape index (κ1) is 18.8. The molecule has 0 radical (unpaired) electrons. The summed E-state index contributed by atoms with van der Waals surface area (Å²) in [6, 6.07) is 9.22. The number of nitrogens with zero attached hydrogens (tertiary/aromatic N) is 2. The van der Waals surface area contributed by atoms with Crippen molar-refractivity contribution in [2.24, 2.45) is 0 Å². The Balaban J connectivity index is 1.45. The predicted octanol–water partition coefficient (Wildman–Crippen LogP) is 1.45. The highest BCUT2D eigenvalue weighted by atomic mass is 32.1. The number of fused-ring (bicyclic) bond motifs is 1. The summed E-state index contributed by atoms with van der Waals surface area (Å²) in [5, 5.41) is 0.695. The van der Waals surface area contributed by atoms with Crippen LogP contribution in [0.1, 0.15) is 16.1 Å². The number of rotatable bonds is 5. The number of hydrogen-bond donors (Lipinski definition) is 3. The minimum absolute atomic E-state index is 0.0748. The average Bonchev–Trinajstić information content (AvgIpc) is 3.22. The largest absolute Gasteiger partial charge is 0.497 e. The molecule has 1 atom stereocenters. The molecule has 1 aromatic carbocycles. The number of nitrogen functional groups attached to an aromatic ring is 1. The molecule has 0 saturated carbocycles. The summed E-state index contributed by atoms with van der Waals surface area (Å²) in [6.07, 6.45) is 1.55. The molecule has 1 aliphatic rings. The van der Waals surface area contributed by atoms with Crippen LogP contribution >= 0.6 is 11.3 Å². The van der Waals surface area contributed by atoms with Gasteiger partial charge in [0.25, 0.3) is 11.8 Å². The monoisotopic (exact) mass is 411 g/mol. The molecule has 2 aromatic heterocycles. The maximum atomic E-state index is 12.7. The average molecular weight is 411 g/mol. The maximum Gasteiger partial charge on any atom is 0.277 e. The van der Waals surface area contributed by atoms with E-state index in [0.717, 1.165) is 16.2 Å². The van der Waals surface area contributed by atoms with Crippen LogP contribution in [0, 0.1) is 0 Å². The summed E-state index contributed by atoms with van der Waals surface area (Å²) in [4.78, 5) is 43.7. The minimum atomic E-state index is -0.873. The third-order valence-corrected chi connectivity index (χ3v) is 5.68. The fraction of sp³-hybridized carbons (Fsp3) is 0.158. The first-order valence-corrected chi connectivity index (χ1v) is 9.51. The highest BCUT2D eigenvalue weighted by molar-refractivity contribution is 7.21. The molecule has 3 heterocycles. The molecule has 0 unspecified atom stereocenters. The summed E-state index contributed by atoms with van der Waals surface area (Å²) in [6.45, 7) is 0. The number of aromatic nitrogens is 1. The zero-order chi connectivity index (χ0) is 20.5. The SMILES string of the molecule is COc1ccc(N2C(=O)C[C@@H](NNC(=O)c3sc4ncccc4c3N)C2=O)cc1. The Bertz CT molecular complexity index is 1110. The van der Waals surface area contributed by atoms with E-state index in [0.29, 0.717) is 27.3 Å². The predicted molar refractivity (Wildman–Crippen MR) is 109 cm³/mol. The lowest BCUT2D eigenvalue weighted by Crippen LogP contribution is -2.48. The van der Waals surface area contributed by atoms with E-state index < -0.39 is 17.9 Å². The summed E-state index contributed by atoms with van der Waals surface area (Å²) < 4.78 is 5.08. The van der Waals surface area contributed by atoms with Gasteiger partial charge in [-0.25, -0.2) is 15.3 Å². The van der Waals surface area contributed by atoms with Crippen molar-refractivity contribution in [3.63, 3.8) is 0 Å². The molecule has 1 aliphatic heterocycles. The number of carbonyl (C=O) groups is 3. The first-order chi connectivity index (χ1) is 14.0.